The molecule has 0 aromatic rings. The Kier molecular flexibility index (Phi) is 15.6. The summed E-state index contributed by atoms with van der Waals surface area (Å²) >= 11 is 0. The van der Waals surface area contributed by atoms with E-state index >= 15 is 0 Å². The summed E-state index contributed by atoms with van der Waals surface area (Å²) in [4.78, 5) is 0. The van der Waals surface area contributed by atoms with E-state index < -0.39 is 67.0 Å². The van der Waals surface area contributed by atoms with Crippen molar-refractivity contribution in [3.8, 4) is 0 Å². The Hall–Kier alpha value is 1.54. The van der Waals surface area contributed by atoms with Crippen LogP contribution < -0.4 is 0 Å². The molecule has 0 saturated carbocycles. The van der Waals surface area contributed by atoms with Crippen LogP contribution >= 0.6 is 0 Å². The quantitative estimate of drug-likeness (QED) is 0.119. The zero-order valence-corrected chi connectivity index (χ0v) is 37.7. The van der Waals surface area contributed by atoms with Crippen molar-refractivity contribution in [1.82, 2.24) is 0 Å². The van der Waals surface area contributed by atoms with Crippen LogP contribution in [0.15, 0.2) is 0 Å². The van der Waals surface area contributed by atoms with Crippen molar-refractivity contribution in [3.05, 3.63) is 0 Å². The summed E-state index contributed by atoms with van der Waals surface area (Å²) < 4.78 is 34.8. The van der Waals surface area contributed by atoms with Gasteiger partial charge in [0.15, 0.2) is 58.2 Å². The zero-order chi connectivity index (χ0) is 31.2. The highest BCUT2D eigenvalue weighted by molar-refractivity contribution is 6.92. The average Bonchev–Trinajstić information content (AvgIpc) is 2.60. The van der Waals surface area contributed by atoms with Crippen molar-refractivity contribution in [2.24, 2.45) is 0 Å². The molecule has 0 atom stereocenters. The van der Waals surface area contributed by atoms with Crippen molar-refractivity contribution in [1.29, 1.82) is 0 Å². The molecular formula is C26H70O5Si8. The highest BCUT2D eigenvalue weighted by Crippen LogP contribution is 2.33. The lowest BCUT2D eigenvalue weighted by Crippen LogP contribution is -2.60. The molecule has 5 nitrogen and oxygen atoms in total. The molecule has 0 spiro atoms. The second kappa shape index (κ2) is 15.0. The van der Waals surface area contributed by atoms with Crippen molar-refractivity contribution in [2.45, 2.75) is 168 Å². The van der Waals surface area contributed by atoms with Crippen molar-refractivity contribution < 1.29 is 20.6 Å². The number of hydrogen-bond donors (Lipinski definition) is 0. The monoisotopic (exact) mass is 686 g/mol. The van der Waals surface area contributed by atoms with E-state index in [2.05, 4.69) is 119 Å². The predicted octanol–water partition coefficient (Wildman–Crippen LogP) is 10.5. The maximum absolute atomic E-state index is 7.12. The third-order valence-electron chi connectivity index (χ3n) is 6.88. The molecule has 0 N–H and O–H groups in total. The highest BCUT2D eigenvalue weighted by Gasteiger charge is 2.49. The van der Waals surface area contributed by atoms with Gasteiger partial charge in [0, 0.05) is 6.55 Å². The van der Waals surface area contributed by atoms with Crippen LogP contribution in [-0.4, -0.2) is 67.0 Å². The summed E-state index contributed by atoms with van der Waals surface area (Å²) in [5, 5.41) is 0. The van der Waals surface area contributed by atoms with Gasteiger partial charge >= 0.3 is 8.80 Å². The lowest BCUT2D eigenvalue weighted by Gasteiger charge is -2.44. The van der Waals surface area contributed by atoms with Crippen molar-refractivity contribution in [2.75, 3.05) is 0 Å². The van der Waals surface area contributed by atoms with Gasteiger partial charge in [0.1, 0.15) is 0 Å². The topological polar surface area (TPSA) is 46.2 Å². The summed E-state index contributed by atoms with van der Waals surface area (Å²) in [6.45, 7) is 42.2. The summed E-state index contributed by atoms with van der Waals surface area (Å²) in [5.41, 5.74) is 0. The van der Waals surface area contributed by atoms with Gasteiger partial charge in [-0.25, -0.2) is 0 Å². The van der Waals surface area contributed by atoms with Gasteiger partial charge in [-0.1, -0.05) is 26.7 Å². The molecule has 0 aliphatic rings. The van der Waals surface area contributed by atoms with Crippen LogP contribution in [0.25, 0.3) is 0 Å². The van der Waals surface area contributed by atoms with Crippen molar-refractivity contribution >= 4 is 67.0 Å². The molecule has 0 saturated heterocycles. The number of hydrogen-bond acceptors (Lipinski definition) is 5. The molecule has 0 unspecified atom stereocenters. The Morgan fingerprint density at radius 1 is 0.308 bits per heavy atom. The molecule has 0 rings (SSSR count). The molecule has 0 radical (unpaired) electrons. The van der Waals surface area contributed by atoms with E-state index in [9.17, 15) is 0 Å². The summed E-state index contributed by atoms with van der Waals surface area (Å²) in [6, 6.07) is 7.00. The Morgan fingerprint density at radius 2 is 0.538 bits per heavy atom. The van der Waals surface area contributed by atoms with E-state index in [1.54, 1.807) is 0 Å². The van der Waals surface area contributed by atoms with E-state index in [4.69, 9.17) is 20.6 Å². The third kappa shape index (κ3) is 19.4. The fourth-order valence-electron chi connectivity index (χ4n) is 5.83. The molecule has 236 valence electrons. The van der Waals surface area contributed by atoms with E-state index in [1.807, 2.05) is 0 Å². The summed E-state index contributed by atoms with van der Waals surface area (Å²) in [7, 11) is -15.4. The summed E-state index contributed by atoms with van der Waals surface area (Å²) in [5.74, 6) is 0. The van der Waals surface area contributed by atoms with E-state index in [0.29, 0.717) is 0 Å². The first-order chi connectivity index (χ1) is 17.1. The standard InChI is InChI=1S/C26H70O5Si8/c1-19-21-33(6,7)28-35(10,11)23-25-37(14,15)30-39(18,27-32(3,4)5)31-38(16,17)26-24-36(12,13)29-34(8,9)22-20-2/h19-26H2,1-18H3. The fraction of sp³-hybridized carbons (Fsp3) is 1.00. The van der Waals surface area contributed by atoms with Crippen LogP contribution in [-0.2, 0) is 20.6 Å². The smallest absolute Gasteiger partial charge is 0.456 e. The van der Waals surface area contributed by atoms with Gasteiger partial charge in [0.05, 0.1) is 0 Å². The molecule has 0 aromatic heterocycles. The Morgan fingerprint density at radius 3 is 0.769 bits per heavy atom. The van der Waals surface area contributed by atoms with Crippen LogP contribution in [0.5, 0.6) is 0 Å². The van der Waals surface area contributed by atoms with Gasteiger partial charge in [0.2, 0.25) is 0 Å². The minimum atomic E-state index is -2.82. The van der Waals surface area contributed by atoms with Gasteiger partial charge in [-0.2, -0.15) is 0 Å². The first-order valence-corrected chi connectivity index (χ1v) is 39.9. The van der Waals surface area contributed by atoms with Crippen LogP contribution in [0.4, 0.5) is 0 Å². The molecule has 13 heteroatoms. The average molecular weight is 688 g/mol. The predicted molar refractivity (Wildman–Crippen MR) is 195 cm³/mol. The lowest BCUT2D eigenvalue weighted by atomic mass is 10.6. The second-order valence-electron chi connectivity index (χ2n) is 16.5. The Balaban J connectivity index is 5.57. The molecule has 0 aliphatic heterocycles. The molecule has 0 bridgehead atoms. The SMILES string of the molecule is CCC[Si](C)(C)O[Si](C)(C)CC[Si](C)(C)O[Si](C)(O[Si](C)(C)C)O[Si](C)(C)CC[Si](C)(C)O[Si](C)(C)CCC. The van der Waals surface area contributed by atoms with Crippen LogP contribution in [0, 0.1) is 0 Å². The molecular weight excluding hydrogens is 617 g/mol. The van der Waals surface area contributed by atoms with Gasteiger partial charge in [-0.3, -0.25) is 0 Å². The third-order valence-corrected chi connectivity index (χ3v) is 37.3. The van der Waals surface area contributed by atoms with Crippen LogP contribution in [0.2, 0.25) is 141 Å². The van der Waals surface area contributed by atoms with Gasteiger partial charge in [-0.15, -0.1) is 0 Å². The molecule has 0 aromatic carbocycles. The maximum Gasteiger partial charge on any atom is 0.466 e. The molecule has 0 aliphatic carbocycles. The Labute approximate surface area is 254 Å². The molecule has 39 heavy (non-hydrogen) atoms. The van der Waals surface area contributed by atoms with Crippen LogP contribution in [0.3, 0.4) is 0 Å². The summed E-state index contributed by atoms with van der Waals surface area (Å²) in [6.07, 6.45) is 2.43. The van der Waals surface area contributed by atoms with E-state index in [1.165, 1.54) is 24.9 Å². The zero-order valence-electron chi connectivity index (χ0n) is 29.7. The minimum Gasteiger partial charge on any atom is -0.456 e. The van der Waals surface area contributed by atoms with Crippen LogP contribution in [0.1, 0.15) is 26.7 Å². The minimum absolute atomic E-state index is 1.11. The largest absolute Gasteiger partial charge is 0.466 e. The molecule has 0 fully saturated rings. The lowest BCUT2D eigenvalue weighted by molar-refractivity contribution is 0.259. The second-order valence-corrected chi connectivity index (χ2v) is 50.7. The maximum atomic E-state index is 7.12. The van der Waals surface area contributed by atoms with Gasteiger partial charge < -0.3 is 20.6 Å². The van der Waals surface area contributed by atoms with Crippen molar-refractivity contribution in [3.63, 3.8) is 0 Å². The Bertz CT molecular complexity index is 686. The first-order valence-electron chi connectivity index (χ1n) is 15.6. The van der Waals surface area contributed by atoms with Gasteiger partial charge in [-0.05, 0) is 134 Å². The normalized spacial score (nSPS) is 15.2. The molecule has 0 amide bonds. The molecule has 0 heterocycles. The fourth-order valence-corrected chi connectivity index (χ4v) is 46.4. The highest BCUT2D eigenvalue weighted by atomic mass is 28.5. The first kappa shape index (κ1) is 40.5. The van der Waals surface area contributed by atoms with E-state index in [0.717, 1.165) is 24.2 Å². The van der Waals surface area contributed by atoms with Gasteiger partial charge in [0.25, 0.3) is 0 Å². The van der Waals surface area contributed by atoms with E-state index in [-0.39, 0.29) is 0 Å². The number of rotatable bonds is 20.